The lowest BCUT2D eigenvalue weighted by Gasteiger charge is -2.44. The van der Waals surface area contributed by atoms with Crippen molar-refractivity contribution in [3.8, 4) is 0 Å². The molecule has 0 aliphatic heterocycles. The zero-order valence-corrected chi connectivity index (χ0v) is 14.4. The van der Waals surface area contributed by atoms with Crippen LogP contribution in [0.3, 0.4) is 0 Å². The van der Waals surface area contributed by atoms with Crippen molar-refractivity contribution in [2.24, 2.45) is 17.0 Å². The van der Waals surface area contributed by atoms with Crippen molar-refractivity contribution >= 4 is 0 Å². The molecule has 0 amide bonds. The minimum Gasteiger partial charge on any atom is -0.303 e. The van der Waals surface area contributed by atoms with Crippen LogP contribution in [-0.4, -0.2) is 6.54 Å². The van der Waals surface area contributed by atoms with Crippen LogP contribution in [0.1, 0.15) is 36.0 Å². The highest BCUT2D eigenvalue weighted by atomic mass is 15.1. The van der Waals surface area contributed by atoms with Crippen LogP contribution in [0.25, 0.3) is 10.4 Å². The number of hydrogen-bond acceptors (Lipinski definition) is 2. The molecule has 2 aliphatic carbocycles. The summed E-state index contributed by atoms with van der Waals surface area (Å²) in [5.74, 6) is 1.10. The maximum Gasteiger partial charge on any atom is 0.0471 e. The summed E-state index contributed by atoms with van der Waals surface area (Å²) in [6.07, 6.45) is 4.50. The van der Waals surface area contributed by atoms with Crippen molar-refractivity contribution in [1.82, 2.24) is 5.32 Å². The first-order valence-electron chi connectivity index (χ1n) is 9.20. The summed E-state index contributed by atoms with van der Waals surface area (Å²) < 4.78 is 0. The fourth-order valence-electron chi connectivity index (χ4n) is 4.87. The number of fused-ring (bicyclic) bond motifs is 3. The summed E-state index contributed by atoms with van der Waals surface area (Å²) in [7, 11) is 0. The molecule has 1 unspecified atom stereocenters. The fraction of sp³-hybridized carbons (Fsp3) is 0.429. The van der Waals surface area contributed by atoms with Crippen molar-refractivity contribution in [3.63, 3.8) is 0 Å². The SMILES string of the molecule is [N-]=[N+]=NCC1CC[C@@]2(NCc3ccccc3)c3ccccc3C[C@H]2C1. The largest absolute Gasteiger partial charge is 0.303 e. The van der Waals surface area contributed by atoms with E-state index in [0.29, 0.717) is 18.4 Å². The van der Waals surface area contributed by atoms with E-state index in [1.807, 2.05) is 0 Å². The van der Waals surface area contributed by atoms with Gasteiger partial charge in [0.15, 0.2) is 0 Å². The van der Waals surface area contributed by atoms with Crippen LogP contribution in [0.2, 0.25) is 0 Å². The van der Waals surface area contributed by atoms with E-state index in [-0.39, 0.29) is 5.54 Å². The van der Waals surface area contributed by atoms with Crippen LogP contribution in [0.15, 0.2) is 59.7 Å². The van der Waals surface area contributed by atoms with Crippen molar-refractivity contribution in [1.29, 1.82) is 0 Å². The van der Waals surface area contributed by atoms with Gasteiger partial charge < -0.3 is 5.32 Å². The van der Waals surface area contributed by atoms with Crippen LogP contribution in [-0.2, 0) is 18.5 Å². The maximum atomic E-state index is 8.63. The molecule has 2 aromatic carbocycles. The summed E-state index contributed by atoms with van der Waals surface area (Å²) in [6.45, 7) is 1.53. The summed E-state index contributed by atoms with van der Waals surface area (Å²) in [5, 5.41) is 7.78. The van der Waals surface area contributed by atoms with Gasteiger partial charge in [0, 0.05) is 23.5 Å². The summed E-state index contributed by atoms with van der Waals surface area (Å²) in [4.78, 5) is 2.96. The van der Waals surface area contributed by atoms with Gasteiger partial charge >= 0.3 is 0 Å². The van der Waals surface area contributed by atoms with Crippen molar-refractivity contribution in [2.45, 2.75) is 37.8 Å². The highest BCUT2D eigenvalue weighted by molar-refractivity contribution is 5.41. The molecule has 0 bridgehead atoms. The number of benzene rings is 2. The molecule has 4 nitrogen and oxygen atoms in total. The maximum absolute atomic E-state index is 8.63. The van der Waals surface area contributed by atoms with Gasteiger partial charge in [0.2, 0.25) is 0 Å². The molecular weight excluding hydrogens is 308 g/mol. The van der Waals surface area contributed by atoms with Gasteiger partial charge in [-0.2, -0.15) is 0 Å². The predicted molar refractivity (Wildman–Crippen MR) is 99.9 cm³/mol. The molecule has 0 spiro atoms. The van der Waals surface area contributed by atoms with E-state index in [1.54, 1.807) is 0 Å². The Kier molecular flexibility index (Phi) is 4.48. The van der Waals surface area contributed by atoms with Gasteiger partial charge in [-0.1, -0.05) is 59.7 Å². The average Bonchev–Trinajstić information content (AvgIpc) is 2.99. The van der Waals surface area contributed by atoms with Gasteiger partial charge in [-0.05, 0) is 59.7 Å². The number of rotatable bonds is 5. The highest BCUT2D eigenvalue weighted by Crippen LogP contribution is 2.51. The van der Waals surface area contributed by atoms with Crippen molar-refractivity contribution < 1.29 is 0 Å². The molecule has 0 radical (unpaired) electrons. The van der Waals surface area contributed by atoms with Crippen LogP contribution in [0.4, 0.5) is 0 Å². The van der Waals surface area contributed by atoms with Crippen molar-refractivity contribution in [2.75, 3.05) is 6.54 Å². The molecule has 1 fully saturated rings. The van der Waals surface area contributed by atoms with E-state index in [1.165, 1.54) is 16.7 Å². The van der Waals surface area contributed by atoms with Gasteiger partial charge in [0.05, 0.1) is 0 Å². The van der Waals surface area contributed by atoms with Crippen LogP contribution in [0, 0.1) is 11.8 Å². The molecule has 1 saturated carbocycles. The monoisotopic (exact) mass is 332 g/mol. The van der Waals surface area contributed by atoms with Gasteiger partial charge in [-0.25, -0.2) is 0 Å². The van der Waals surface area contributed by atoms with Crippen LogP contribution >= 0.6 is 0 Å². The minimum absolute atomic E-state index is 0.0687. The summed E-state index contributed by atoms with van der Waals surface area (Å²) >= 11 is 0. The number of azide groups is 1. The van der Waals surface area contributed by atoms with E-state index >= 15 is 0 Å². The molecule has 0 saturated heterocycles. The Morgan fingerprint density at radius 1 is 1.12 bits per heavy atom. The van der Waals surface area contributed by atoms with E-state index in [2.05, 4.69) is 69.9 Å². The Hall–Kier alpha value is -2.29. The zero-order valence-electron chi connectivity index (χ0n) is 14.4. The second-order valence-electron chi connectivity index (χ2n) is 7.42. The van der Waals surface area contributed by atoms with Gasteiger partial charge in [-0.15, -0.1) is 0 Å². The second kappa shape index (κ2) is 6.91. The lowest BCUT2D eigenvalue weighted by Crippen LogP contribution is -2.49. The molecule has 4 rings (SSSR count). The number of nitrogens with one attached hydrogen (secondary N) is 1. The topological polar surface area (TPSA) is 60.8 Å². The van der Waals surface area contributed by atoms with E-state index in [9.17, 15) is 0 Å². The van der Waals surface area contributed by atoms with Gasteiger partial charge in [0.1, 0.15) is 0 Å². The first-order chi connectivity index (χ1) is 12.3. The lowest BCUT2D eigenvalue weighted by molar-refractivity contribution is 0.120. The van der Waals surface area contributed by atoms with E-state index in [4.69, 9.17) is 5.53 Å². The molecule has 0 aromatic heterocycles. The average molecular weight is 332 g/mol. The third-order valence-electron chi connectivity index (χ3n) is 6.08. The summed E-state index contributed by atoms with van der Waals surface area (Å²) in [6, 6.07) is 19.5. The van der Waals surface area contributed by atoms with E-state index in [0.717, 1.165) is 32.2 Å². The fourth-order valence-corrected chi connectivity index (χ4v) is 4.87. The lowest BCUT2D eigenvalue weighted by atomic mass is 9.68. The molecule has 3 atom stereocenters. The molecule has 1 N–H and O–H groups in total. The predicted octanol–water partition coefficient (Wildman–Crippen LogP) is 4.95. The highest BCUT2D eigenvalue weighted by Gasteiger charge is 2.49. The molecule has 128 valence electrons. The molecular formula is C21H24N4. The Balaban J connectivity index is 1.60. The molecule has 0 heterocycles. The minimum atomic E-state index is 0.0687. The molecule has 4 heteroatoms. The number of hydrogen-bond donors (Lipinski definition) is 1. The molecule has 2 aliphatic rings. The number of nitrogens with zero attached hydrogens (tertiary/aromatic N) is 3. The Morgan fingerprint density at radius 3 is 2.76 bits per heavy atom. The smallest absolute Gasteiger partial charge is 0.0471 e. The van der Waals surface area contributed by atoms with Crippen molar-refractivity contribution in [3.05, 3.63) is 81.7 Å². The first-order valence-corrected chi connectivity index (χ1v) is 9.20. The Labute approximate surface area is 148 Å². The zero-order chi connectivity index (χ0) is 17.1. The first kappa shape index (κ1) is 16.2. The third kappa shape index (κ3) is 3.04. The Morgan fingerprint density at radius 2 is 1.92 bits per heavy atom. The van der Waals surface area contributed by atoms with Crippen LogP contribution in [0.5, 0.6) is 0 Å². The Bertz CT molecular complexity index is 781. The van der Waals surface area contributed by atoms with Gasteiger partial charge in [-0.3, -0.25) is 0 Å². The second-order valence-corrected chi connectivity index (χ2v) is 7.42. The van der Waals surface area contributed by atoms with Gasteiger partial charge in [0.25, 0.3) is 0 Å². The third-order valence-corrected chi connectivity index (χ3v) is 6.08. The van der Waals surface area contributed by atoms with E-state index < -0.39 is 0 Å². The normalized spacial score (nSPS) is 27.2. The standard InChI is InChI=1S/C21H24N4/c22-25-24-15-17-10-11-21(23-14-16-6-2-1-3-7-16)19(12-17)13-18-8-4-5-9-20(18)21/h1-9,17,19,23H,10-15H2/t17?,19-,21+/m1/s1. The van der Waals surface area contributed by atoms with Crippen LogP contribution < -0.4 is 5.32 Å². The molecule has 25 heavy (non-hydrogen) atoms. The quantitative estimate of drug-likeness (QED) is 0.470. The summed E-state index contributed by atoms with van der Waals surface area (Å²) in [5.41, 5.74) is 13.0. The molecule has 2 aromatic rings.